The second-order valence-corrected chi connectivity index (χ2v) is 6.43. The Labute approximate surface area is 148 Å². The number of ether oxygens (including phenoxy) is 1. The van der Waals surface area contributed by atoms with Crippen LogP contribution in [0.2, 0.25) is 0 Å². The Balaban J connectivity index is 2.10. The van der Waals surface area contributed by atoms with Crippen molar-refractivity contribution in [2.24, 2.45) is 5.41 Å². The van der Waals surface area contributed by atoms with Crippen molar-refractivity contribution >= 4 is 17.5 Å². The minimum Gasteiger partial charge on any atom is -0.495 e. The maximum Gasteiger partial charge on any atom is 0.239 e. The first kappa shape index (κ1) is 18.5. The van der Waals surface area contributed by atoms with Crippen LogP contribution in [0.3, 0.4) is 0 Å². The summed E-state index contributed by atoms with van der Waals surface area (Å²) in [7, 11) is 3.24. The highest BCUT2D eigenvalue weighted by Crippen LogP contribution is 2.27. The second kappa shape index (κ2) is 7.83. The lowest BCUT2D eigenvalue weighted by molar-refractivity contribution is -0.145. The maximum atomic E-state index is 12.8. The summed E-state index contributed by atoms with van der Waals surface area (Å²) in [5.41, 5.74) is 0.352. The van der Waals surface area contributed by atoms with Crippen molar-refractivity contribution in [3.05, 3.63) is 60.2 Å². The predicted octanol–water partition coefficient (Wildman–Crippen LogP) is 3.32. The van der Waals surface area contributed by atoms with Gasteiger partial charge in [0, 0.05) is 13.6 Å². The van der Waals surface area contributed by atoms with Crippen LogP contribution in [-0.4, -0.2) is 30.9 Å². The number of carbonyl (C=O) groups is 2. The number of anilines is 1. The van der Waals surface area contributed by atoms with Gasteiger partial charge in [-0.25, -0.2) is 0 Å². The lowest BCUT2D eigenvalue weighted by Gasteiger charge is -2.28. The number of para-hydroxylation sites is 2. The van der Waals surface area contributed by atoms with Crippen molar-refractivity contribution in [1.82, 2.24) is 4.90 Å². The smallest absolute Gasteiger partial charge is 0.239 e. The van der Waals surface area contributed by atoms with E-state index in [0.717, 1.165) is 5.56 Å². The third-order valence-corrected chi connectivity index (χ3v) is 4.07. The molecular formula is C20H24N2O3. The van der Waals surface area contributed by atoms with E-state index in [1.807, 2.05) is 36.4 Å². The van der Waals surface area contributed by atoms with Gasteiger partial charge in [0.15, 0.2) is 0 Å². The first-order chi connectivity index (χ1) is 11.9. The van der Waals surface area contributed by atoms with Gasteiger partial charge in [-0.15, -0.1) is 0 Å². The van der Waals surface area contributed by atoms with Crippen LogP contribution in [0.5, 0.6) is 5.75 Å². The third kappa shape index (κ3) is 4.38. The minimum absolute atomic E-state index is 0.247. The van der Waals surface area contributed by atoms with Crippen LogP contribution >= 0.6 is 0 Å². The number of hydrogen-bond acceptors (Lipinski definition) is 3. The van der Waals surface area contributed by atoms with Gasteiger partial charge >= 0.3 is 0 Å². The molecule has 0 atom stereocenters. The Morgan fingerprint density at radius 3 is 2.28 bits per heavy atom. The van der Waals surface area contributed by atoms with Gasteiger partial charge in [-0.2, -0.15) is 0 Å². The van der Waals surface area contributed by atoms with Crippen LogP contribution in [0.1, 0.15) is 19.4 Å². The maximum absolute atomic E-state index is 12.8. The SMILES string of the molecule is COc1ccccc1NC(=O)C(C)(C)C(=O)N(C)Cc1ccccc1. The molecule has 0 saturated heterocycles. The van der Waals surface area contributed by atoms with E-state index in [0.29, 0.717) is 18.0 Å². The van der Waals surface area contributed by atoms with E-state index in [1.165, 1.54) is 7.11 Å². The highest BCUT2D eigenvalue weighted by Gasteiger charge is 2.38. The summed E-state index contributed by atoms with van der Waals surface area (Å²) in [6.07, 6.45) is 0. The number of benzene rings is 2. The van der Waals surface area contributed by atoms with Crippen LogP contribution in [-0.2, 0) is 16.1 Å². The molecule has 0 heterocycles. The highest BCUT2D eigenvalue weighted by molar-refractivity contribution is 6.10. The number of nitrogens with zero attached hydrogens (tertiary/aromatic N) is 1. The molecule has 0 radical (unpaired) electrons. The minimum atomic E-state index is -1.20. The van der Waals surface area contributed by atoms with Gasteiger partial charge < -0.3 is 15.0 Å². The van der Waals surface area contributed by atoms with Gasteiger partial charge in [-0.1, -0.05) is 42.5 Å². The molecule has 0 spiro atoms. The van der Waals surface area contributed by atoms with E-state index in [1.54, 1.807) is 44.0 Å². The zero-order chi connectivity index (χ0) is 18.4. The number of carbonyl (C=O) groups excluding carboxylic acids is 2. The molecule has 5 heteroatoms. The summed E-state index contributed by atoms with van der Waals surface area (Å²) in [6, 6.07) is 16.8. The molecule has 25 heavy (non-hydrogen) atoms. The van der Waals surface area contributed by atoms with E-state index in [9.17, 15) is 9.59 Å². The normalized spacial score (nSPS) is 10.9. The van der Waals surface area contributed by atoms with Gasteiger partial charge in [0.05, 0.1) is 12.8 Å². The summed E-state index contributed by atoms with van der Waals surface area (Å²) in [5, 5.41) is 2.79. The lowest BCUT2D eigenvalue weighted by Crippen LogP contribution is -2.45. The molecule has 0 saturated carbocycles. The molecule has 0 unspecified atom stereocenters. The number of amides is 2. The fourth-order valence-electron chi connectivity index (χ4n) is 2.53. The van der Waals surface area contributed by atoms with Crippen molar-refractivity contribution < 1.29 is 14.3 Å². The van der Waals surface area contributed by atoms with Crippen molar-refractivity contribution in [3.8, 4) is 5.75 Å². The van der Waals surface area contributed by atoms with E-state index in [2.05, 4.69) is 5.32 Å². The lowest BCUT2D eigenvalue weighted by atomic mass is 9.90. The van der Waals surface area contributed by atoms with Crippen molar-refractivity contribution in [1.29, 1.82) is 0 Å². The van der Waals surface area contributed by atoms with Crippen LogP contribution in [0, 0.1) is 5.41 Å². The van der Waals surface area contributed by atoms with Gasteiger partial charge in [-0.3, -0.25) is 9.59 Å². The van der Waals surface area contributed by atoms with Crippen molar-refractivity contribution in [3.63, 3.8) is 0 Å². The standard InChI is InChI=1S/C20H24N2O3/c1-20(2,18(23)21-16-12-8-9-13-17(16)25-4)19(24)22(3)14-15-10-6-5-7-11-15/h5-13H,14H2,1-4H3,(H,21,23). The monoisotopic (exact) mass is 340 g/mol. The number of hydrogen-bond donors (Lipinski definition) is 1. The van der Waals surface area contributed by atoms with Gasteiger partial charge in [0.1, 0.15) is 11.2 Å². The topological polar surface area (TPSA) is 58.6 Å². The second-order valence-electron chi connectivity index (χ2n) is 6.43. The Kier molecular flexibility index (Phi) is 5.80. The molecule has 0 aromatic heterocycles. The highest BCUT2D eigenvalue weighted by atomic mass is 16.5. The molecule has 2 rings (SSSR count). The van der Waals surface area contributed by atoms with E-state index in [-0.39, 0.29) is 11.8 Å². The molecule has 0 aliphatic heterocycles. The van der Waals surface area contributed by atoms with Gasteiger partial charge in [0.2, 0.25) is 11.8 Å². The zero-order valence-electron chi connectivity index (χ0n) is 15.1. The molecule has 0 fully saturated rings. The molecule has 2 aromatic rings. The Morgan fingerprint density at radius 1 is 1.04 bits per heavy atom. The van der Waals surface area contributed by atoms with Crippen molar-refractivity contribution in [2.45, 2.75) is 20.4 Å². The number of rotatable bonds is 6. The van der Waals surface area contributed by atoms with E-state index < -0.39 is 5.41 Å². The Bertz CT molecular complexity index is 742. The molecule has 5 nitrogen and oxygen atoms in total. The van der Waals surface area contributed by atoms with Crippen LogP contribution in [0.15, 0.2) is 54.6 Å². The van der Waals surface area contributed by atoms with Crippen LogP contribution in [0.4, 0.5) is 5.69 Å². The molecule has 2 aromatic carbocycles. The molecule has 1 N–H and O–H groups in total. The number of nitrogens with one attached hydrogen (secondary N) is 1. The van der Waals surface area contributed by atoms with Crippen LogP contribution < -0.4 is 10.1 Å². The quantitative estimate of drug-likeness (QED) is 0.821. The van der Waals surface area contributed by atoms with Crippen molar-refractivity contribution in [2.75, 3.05) is 19.5 Å². The van der Waals surface area contributed by atoms with Gasteiger partial charge in [-0.05, 0) is 31.5 Å². The molecule has 0 aliphatic carbocycles. The zero-order valence-corrected chi connectivity index (χ0v) is 15.1. The van der Waals surface area contributed by atoms with Crippen LogP contribution in [0.25, 0.3) is 0 Å². The molecular weight excluding hydrogens is 316 g/mol. The number of methoxy groups -OCH3 is 1. The molecule has 0 aliphatic rings. The summed E-state index contributed by atoms with van der Waals surface area (Å²) in [6.45, 7) is 3.70. The van der Waals surface area contributed by atoms with E-state index >= 15 is 0 Å². The molecule has 2 amide bonds. The summed E-state index contributed by atoms with van der Waals surface area (Å²) in [5.74, 6) is -0.0672. The molecule has 0 bridgehead atoms. The summed E-state index contributed by atoms with van der Waals surface area (Å²) in [4.78, 5) is 27.0. The Morgan fingerprint density at radius 2 is 1.64 bits per heavy atom. The predicted molar refractivity (Wildman–Crippen MR) is 98.3 cm³/mol. The fourth-order valence-corrected chi connectivity index (χ4v) is 2.53. The summed E-state index contributed by atoms with van der Waals surface area (Å²) < 4.78 is 5.24. The van der Waals surface area contributed by atoms with E-state index in [4.69, 9.17) is 4.74 Å². The average molecular weight is 340 g/mol. The average Bonchev–Trinajstić information content (AvgIpc) is 2.62. The summed E-state index contributed by atoms with van der Waals surface area (Å²) >= 11 is 0. The Hall–Kier alpha value is -2.82. The van der Waals surface area contributed by atoms with Gasteiger partial charge in [0.25, 0.3) is 0 Å². The largest absolute Gasteiger partial charge is 0.495 e. The molecule has 132 valence electrons. The first-order valence-electron chi connectivity index (χ1n) is 8.10. The fraction of sp³-hybridized carbons (Fsp3) is 0.300. The first-order valence-corrected chi connectivity index (χ1v) is 8.10. The third-order valence-electron chi connectivity index (χ3n) is 4.07.